The minimum atomic E-state index is -0.667. The summed E-state index contributed by atoms with van der Waals surface area (Å²) < 4.78 is 0. The monoisotopic (exact) mass is 331 g/mol. The van der Waals surface area contributed by atoms with Gasteiger partial charge in [0.2, 0.25) is 0 Å². The molecule has 0 spiro atoms. The molecule has 0 amide bonds. The number of hydrogen-bond acceptors (Lipinski definition) is 5. The minimum Gasteiger partial charge on any atom is -0.394 e. The Morgan fingerprint density at radius 3 is 2.42 bits per heavy atom. The Hall–Kier alpha value is -1.98. The second kappa shape index (κ2) is 9.35. The minimum absolute atomic E-state index is 0.0247. The molecule has 1 saturated carbocycles. The summed E-state index contributed by atoms with van der Waals surface area (Å²) in [5.74, 6) is -0.241. The Balaban J connectivity index is 1.80. The van der Waals surface area contributed by atoms with Gasteiger partial charge in [0.25, 0.3) is 0 Å². The summed E-state index contributed by atoms with van der Waals surface area (Å²) in [6.45, 7) is 0.410. The van der Waals surface area contributed by atoms with Gasteiger partial charge in [-0.1, -0.05) is 30.3 Å². The van der Waals surface area contributed by atoms with Crippen molar-refractivity contribution < 1.29 is 19.8 Å². The van der Waals surface area contributed by atoms with E-state index in [4.69, 9.17) is 5.11 Å². The second-order valence-corrected chi connectivity index (χ2v) is 6.21. The summed E-state index contributed by atoms with van der Waals surface area (Å²) in [4.78, 5) is 24.5. The summed E-state index contributed by atoms with van der Waals surface area (Å²) in [5.41, 5.74) is 1.30. The van der Waals surface area contributed by atoms with E-state index in [1.807, 2.05) is 30.3 Å². The van der Waals surface area contributed by atoms with Crippen molar-refractivity contribution in [2.75, 3.05) is 13.2 Å². The average Bonchev–Trinajstić information content (AvgIpc) is 2.60. The second-order valence-electron chi connectivity index (χ2n) is 6.21. The third-order valence-corrected chi connectivity index (χ3v) is 4.30. The number of nitrogens with one attached hydrogen (secondary N) is 1. The number of Topliss-reactive ketones (excluding diaryl/α,β-unsaturated/α-hetero) is 2. The SMILES string of the molecule is O=C1CC(c2ccccc2)CC(=O)C1=CNCCCCC(O)CO. The van der Waals surface area contributed by atoms with Crippen LogP contribution in [0, 0.1) is 0 Å². The first-order chi connectivity index (χ1) is 11.6. The summed E-state index contributed by atoms with van der Waals surface area (Å²) in [5, 5.41) is 21.0. The molecule has 0 radical (unpaired) electrons. The summed E-state index contributed by atoms with van der Waals surface area (Å²) in [6.07, 6.45) is 3.73. The number of aliphatic hydroxyl groups is 2. The van der Waals surface area contributed by atoms with E-state index < -0.39 is 6.10 Å². The van der Waals surface area contributed by atoms with E-state index in [0.29, 0.717) is 25.8 Å². The lowest BCUT2D eigenvalue weighted by Gasteiger charge is -2.22. The van der Waals surface area contributed by atoms with Crippen LogP contribution < -0.4 is 5.32 Å². The van der Waals surface area contributed by atoms with E-state index in [1.165, 1.54) is 6.20 Å². The molecule has 1 aliphatic carbocycles. The molecule has 1 unspecified atom stereocenters. The van der Waals surface area contributed by atoms with Gasteiger partial charge >= 0.3 is 0 Å². The van der Waals surface area contributed by atoms with Crippen LogP contribution in [0.3, 0.4) is 0 Å². The van der Waals surface area contributed by atoms with Gasteiger partial charge in [0.15, 0.2) is 11.6 Å². The van der Waals surface area contributed by atoms with E-state index >= 15 is 0 Å². The van der Waals surface area contributed by atoms with Crippen molar-refractivity contribution in [1.82, 2.24) is 5.32 Å². The van der Waals surface area contributed by atoms with Gasteiger partial charge in [0.05, 0.1) is 18.3 Å². The maximum atomic E-state index is 12.2. The number of aliphatic hydroxyl groups excluding tert-OH is 2. The van der Waals surface area contributed by atoms with Crippen LogP contribution >= 0.6 is 0 Å². The molecule has 5 heteroatoms. The zero-order valence-corrected chi connectivity index (χ0v) is 13.8. The van der Waals surface area contributed by atoms with Crippen molar-refractivity contribution >= 4 is 11.6 Å². The molecular formula is C19H25NO4. The lowest BCUT2D eigenvalue weighted by atomic mass is 9.80. The van der Waals surface area contributed by atoms with E-state index in [9.17, 15) is 14.7 Å². The van der Waals surface area contributed by atoms with Crippen LogP contribution in [0.2, 0.25) is 0 Å². The van der Waals surface area contributed by atoms with Crippen LogP contribution in [-0.4, -0.2) is 41.0 Å². The van der Waals surface area contributed by atoms with Gasteiger partial charge in [0, 0.05) is 25.6 Å². The molecule has 130 valence electrons. The topological polar surface area (TPSA) is 86.6 Å². The van der Waals surface area contributed by atoms with Crippen molar-refractivity contribution in [3.8, 4) is 0 Å². The number of hydrogen-bond donors (Lipinski definition) is 3. The quantitative estimate of drug-likeness (QED) is 0.383. The van der Waals surface area contributed by atoms with Gasteiger partial charge < -0.3 is 15.5 Å². The average molecular weight is 331 g/mol. The lowest BCUT2D eigenvalue weighted by Crippen LogP contribution is -2.26. The zero-order valence-electron chi connectivity index (χ0n) is 13.8. The fourth-order valence-electron chi connectivity index (χ4n) is 2.89. The summed E-state index contributed by atoms with van der Waals surface area (Å²) >= 11 is 0. The Labute approximate surface area is 142 Å². The first-order valence-corrected chi connectivity index (χ1v) is 8.45. The normalized spacial score (nSPS) is 19.2. The number of carbonyl (C=O) groups excluding carboxylic acids is 2. The zero-order chi connectivity index (χ0) is 17.4. The molecule has 1 fully saturated rings. The molecule has 1 atom stereocenters. The highest BCUT2D eigenvalue weighted by molar-refractivity contribution is 6.22. The third kappa shape index (κ3) is 5.28. The maximum Gasteiger partial charge on any atom is 0.168 e. The number of benzene rings is 1. The first kappa shape index (κ1) is 18.4. The van der Waals surface area contributed by atoms with Crippen LogP contribution in [0.1, 0.15) is 43.6 Å². The highest BCUT2D eigenvalue weighted by Gasteiger charge is 2.31. The van der Waals surface area contributed by atoms with Crippen molar-refractivity contribution in [2.45, 2.75) is 44.1 Å². The smallest absolute Gasteiger partial charge is 0.168 e. The molecule has 0 aliphatic heterocycles. The van der Waals surface area contributed by atoms with Gasteiger partial charge in [-0.2, -0.15) is 0 Å². The molecule has 0 heterocycles. The third-order valence-electron chi connectivity index (χ3n) is 4.30. The van der Waals surface area contributed by atoms with Gasteiger partial charge in [0.1, 0.15) is 0 Å². The van der Waals surface area contributed by atoms with E-state index in [1.54, 1.807) is 0 Å². The van der Waals surface area contributed by atoms with Crippen molar-refractivity contribution in [3.63, 3.8) is 0 Å². The van der Waals surface area contributed by atoms with Crippen LogP contribution in [0.25, 0.3) is 0 Å². The number of ketones is 2. The van der Waals surface area contributed by atoms with Gasteiger partial charge in [-0.25, -0.2) is 0 Å². The number of unbranched alkanes of at least 4 members (excludes halogenated alkanes) is 1. The predicted octanol–water partition coefficient (Wildman–Crippen LogP) is 1.70. The summed E-state index contributed by atoms with van der Waals surface area (Å²) in [7, 11) is 0. The molecule has 2 rings (SSSR count). The van der Waals surface area contributed by atoms with E-state index in [0.717, 1.165) is 18.4 Å². The van der Waals surface area contributed by atoms with Crippen LogP contribution in [-0.2, 0) is 9.59 Å². The highest BCUT2D eigenvalue weighted by Crippen LogP contribution is 2.31. The molecule has 5 nitrogen and oxygen atoms in total. The number of carbonyl (C=O) groups is 2. The molecule has 0 aromatic heterocycles. The number of rotatable bonds is 8. The van der Waals surface area contributed by atoms with Crippen molar-refractivity contribution in [3.05, 3.63) is 47.7 Å². The molecule has 3 N–H and O–H groups in total. The first-order valence-electron chi connectivity index (χ1n) is 8.45. The largest absolute Gasteiger partial charge is 0.394 e. The molecule has 0 bridgehead atoms. The fourth-order valence-corrected chi connectivity index (χ4v) is 2.89. The van der Waals surface area contributed by atoms with Gasteiger partial charge in [-0.3, -0.25) is 9.59 Å². The standard InChI is InChI=1S/C19H25NO4/c21-13-16(22)8-4-5-9-20-12-17-18(23)10-15(11-19(17)24)14-6-2-1-3-7-14/h1-3,6-7,12,15-16,20-22H,4-5,8-11,13H2. The Kier molecular flexibility index (Phi) is 7.15. The molecular weight excluding hydrogens is 306 g/mol. The van der Waals surface area contributed by atoms with Crippen LogP contribution in [0.4, 0.5) is 0 Å². The Morgan fingerprint density at radius 2 is 1.79 bits per heavy atom. The molecule has 1 aromatic carbocycles. The van der Waals surface area contributed by atoms with Crippen LogP contribution in [0.5, 0.6) is 0 Å². The maximum absolute atomic E-state index is 12.2. The summed E-state index contributed by atoms with van der Waals surface area (Å²) in [6, 6.07) is 9.68. The molecule has 1 aliphatic rings. The van der Waals surface area contributed by atoms with Gasteiger partial charge in [-0.05, 0) is 30.7 Å². The lowest BCUT2D eigenvalue weighted by molar-refractivity contribution is -0.124. The fraction of sp³-hybridized carbons (Fsp3) is 0.474. The number of allylic oxidation sites excluding steroid dienone is 1. The molecule has 1 aromatic rings. The molecule has 0 saturated heterocycles. The Bertz CT molecular complexity index is 562. The molecule has 24 heavy (non-hydrogen) atoms. The van der Waals surface area contributed by atoms with Crippen LogP contribution in [0.15, 0.2) is 42.1 Å². The van der Waals surface area contributed by atoms with E-state index in [-0.39, 0.29) is 29.7 Å². The van der Waals surface area contributed by atoms with Gasteiger partial charge in [-0.15, -0.1) is 0 Å². The van der Waals surface area contributed by atoms with Crippen molar-refractivity contribution in [1.29, 1.82) is 0 Å². The highest BCUT2D eigenvalue weighted by atomic mass is 16.3. The predicted molar refractivity (Wildman–Crippen MR) is 91.5 cm³/mol. The van der Waals surface area contributed by atoms with Crippen molar-refractivity contribution in [2.24, 2.45) is 0 Å². The van der Waals surface area contributed by atoms with E-state index in [2.05, 4.69) is 5.32 Å². The Morgan fingerprint density at radius 1 is 1.12 bits per heavy atom.